The van der Waals surface area contributed by atoms with Crippen LogP contribution in [0.25, 0.3) is 0 Å². The molecule has 1 saturated heterocycles. The lowest BCUT2D eigenvalue weighted by Crippen LogP contribution is -2.44. The lowest BCUT2D eigenvalue weighted by atomic mass is 10.0. The van der Waals surface area contributed by atoms with Crippen molar-refractivity contribution in [1.82, 2.24) is 9.80 Å². The number of carbonyl (C=O) groups excluding carboxylic acids is 1. The van der Waals surface area contributed by atoms with Gasteiger partial charge >= 0.3 is 0 Å². The summed E-state index contributed by atoms with van der Waals surface area (Å²) >= 11 is 12.0. The van der Waals surface area contributed by atoms with Gasteiger partial charge in [-0.25, -0.2) is 0 Å². The van der Waals surface area contributed by atoms with E-state index >= 15 is 0 Å². The second-order valence-corrected chi connectivity index (χ2v) is 6.09. The third-order valence-electron chi connectivity index (χ3n) is 3.84. The summed E-state index contributed by atoms with van der Waals surface area (Å²) in [6, 6.07) is 3.79. The molecular formula is C14H19Cl2N3O. The maximum Gasteiger partial charge on any atom is 0.255 e. The van der Waals surface area contributed by atoms with Crippen LogP contribution in [-0.2, 0) is 0 Å². The van der Waals surface area contributed by atoms with Crippen molar-refractivity contribution in [2.75, 3.05) is 32.9 Å². The Balaban J connectivity index is 2.12. The number of benzene rings is 1. The van der Waals surface area contributed by atoms with Crippen LogP contribution in [0.15, 0.2) is 12.1 Å². The first-order valence-corrected chi connectivity index (χ1v) is 7.36. The zero-order valence-electron chi connectivity index (χ0n) is 11.7. The fourth-order valence-electron chi connectivity index (χ4n) is 2.49. The Morgan fingerprint density at radius 3 is 2.45 bits per heavy atom. The highest BCUT2D eigenvalue weighted by Crippen LogP contribution is 2.31. The van der Waals surface area contributed by atoms with Crippen molar-refractivity contribution in [3.05, 3.63) is 27.7 Å². The molecule has 0 aromatic heterocycles. The number of hydrogen-bond acceptors (Lipinski definition) is 3. The Bertz CT molecular complexity index is 511. The largest absolute Gasteiger partial charge is 0.396 e. The third kappa shape index (κ3) is 3.03. The van der Waals surface area contributed by atoms with Crippen molar-refractivity contribution >= 4 is 34.8 Å². The van der Waals surface area contributed by atoms with Gasteiger partial charge in [-0.05, 0) is 39.1 Å². The Morgan fingerprint density at radius 2 is 1.90 bits per heavy atom. The molecule has 1 fully saturated rings. The lowest BCUT2D eigenvalue weighted by molar-refractivity contribution is 0.0663. The van der Waals surface area contributed by atoms with Gasteiger partial charge in [0.25, 0.3) is 5.91 Å². The molecule has 1 aliphatic heterocycles. The molecule has 0 radical (unpaired) electrons. The Labute approximate surface area is 129 Å². The molecule has 0 unspecified atom stereocenters. The van der Waals surface area contributed by atoms with Crippen LogP contribution in [0.1, 0.15) is 23.2 Å². The monoisotopic (exact) mass is 315 g/mol. The normalized spacial score (nSPS) is 16.8. The molecule has 6 heteroatoms. The van der Waals surface area contributed by atoms with Gasteiger partial charge in [0.1, 0.15) is 0 Å². The number of nitrogen functional groups attached to an aromatic ring is 1. The van der Waals surface area contributed by atoms with E-state index in [1.165, 1.54) is 0 Å². The molecular weight excluding hydrogens is 297 g/mol. The van der Waals surface area contributed by atoms with Crippen LogP contribution in [-0.4, -0.2) is 48.9 Å². The van der Waals surface area contributed by atoms with E-state index < -0.39 is 0 Å². The molecule has 0 atom stereocenters. The van der Waals surface area contributed by atoms with E-state index in [9.17, 15) is 4.79 Å². The summed E-state index contributed by atoms with van der Waals surface area (Å²) in [5.41, 5.74) is 6.46. The molecule has 1 amide bonds. The highest BCUT2D eigenvalue weighted by Gasteiger charge is 2.26. The average molecular weight is 316 g/mol. The van der Waals surface area contributed by atoms with Gasteiger partial charge in [0.15, 0.2) is 0 Å². The number of piperidine rings is 1. The van der Waals surface area contributed by atoms with Crippen LogP contribution in [0.4, 0.5) is 5.69 Å². The molecule has 20 heavy (non-hydrogen) atoms. The number of carbonyl (C=O) groups is 1. The smallest absolute Gasteiger partial charge is 0.255 e. The number of anilines is 1. The molecule has 2 N–H and O–H groups in total. The minimum Gasteiger partial charge on any atom is -0.396 e. The second kappa shape index (κ2) is 6.20. The number of halogens is 2. The molecule has 1 aromatic carbocycles. The highest BCUT2D eigenvalue weighted by atomic mass is 35.5. The first kappa shape index (κ1) is 15.4. The molecule has 2 rings (SSSR count). The van der Waals surface area contributed by atoms with Crippen LogP contribution < -0.4 is 5.73 Å². The minimum atomic E-state index is -0.0735. The number of rotatable bonds is 2. The van der Waals surface area contributed by atoms with Crippen molar-refractivity contribution in [3.63, 3.8) is 0 Å². The van der Waals surface area contributed by atoms with E-state index in [1.807, 2.05) is 4.90 Å². The second-order valence-electron chi connectivity index (χ2n) is 5.31. The number of amides is 1. The van der Waals surface area contributed by atoms with E-state index in [0.717, 1.165) is 25.9 Å². The molecule has 110 valence electrons. The average Bonchev–Trinajstić information content (AvgIpc) is 2.44. The quantitative estimate of drug-likeness (QED) is 0.854. The van der Waals surface area contributed by atoms with Gasteiger partial charge in [-0.1, -0.05) is 23.2 Å². The fourth-order valence-corrected chi connectivity index (χ4v) is 2.94. The molecule has 1 aliphatic rings. The fraction of sp³-hybridized carbons (Fsp3) is 0.500. The first-order valence-electron chi connectivity index (χ1n) is 6.61. The van der Waals surface area contributed by atoms with Gasteiger partial charge in [-0.15, -0.1) is 0 Å². The number of nitrogens with two attached hydrogens (primary N) is 1. The molecule has 1 heterocycles. The molecule has 0 aliphatic carbocycles. The van der Waals surface area contributed by atoms with E-state index in [1.54, 1.807) is 12.1 Å². The van der Waals surface area contributed by atoms with Gasteiger partial charge in [-0.3, -0.25) is 4.79 Å². The molecule has 0 spiro atoms. The predicted octanol–water partition coefficient (Wildman–Crippen LogP) is 2.74. The van der Waals surface area contributed by atoms with Gasteiger partial charge in [0.2, 0.25) is 0 Å². The SMILES string of the molecule is CN(C)C1CCN(C(=O)c2ccc(Cl)c(N)c2Cl)CC1. The van der Waals surface area contributed by atoms with Crippen molar-refractivity contribution < 1.29 is 4.79 Å². The van der Waals surface area contributed by atoms with Crippen molar-refractivity contribution in [2.45, 2.75) is 18.9 Å². The Kier molecular flexibility index (Phi) is 4.78. The Hall–Kier alpha value is -0.970. The van der Waals surface area contributed by atoms with E-state index in [-0.39, 0.29) is 16.6 Å². The summed E-state index contributed by atoms with van der Waals surface area (Å²) in [4.78, 5) is 16.5. The topological polar surface area (TPSA) is 49.6 Å². The van der Waals surface area contributed by atoms with Gasteiger partial charge in [-0.2, -0.15) is 0 Å². The summed E-state index contributed by atoms with van der Waals surface area (Å²) in [5, 5.41) is 0.620. The first-order chi connectivity index (χ1) is 9.41. The molecule has 4 nitrogen and oxygen atoms in total. The molecule has 0 bridgehead atoms. The predicted molar refractivity (Wildman–Crippen MR) is 83.5 cm³/mol. The van der Waals surface area contributed by atoms with Crippen LogP contribution in [0.2, 0.25) is 10.0 Å². The van der Waals surface area contributed by atoms with Crippen LogP contribution in [0.5, 0.6) is 0 Å². The maximum atomic E-state index is 12.5. The zero-order valence-corrected chi connectivity index (χ0v) is 13.2. The number of likely N-dealkylation sites (tertiary alicyclic amines) is 1. The van der Waals surface area contributed by atoms with Crippen molar-refractivity contribution in [2.24, 2.45) is 0 Å². The number of nitrogens with zero attached hydrogens (tertiary/aromatic N) is 2. The number of hydrogen-bond donors (Lipinski definition) is 1. The minimum absolute atomic E-state index is 0.0735. The van der Waals surface area contributed by atoms with Crippen LogP contribution in [0.3, 0.4) is 0 Å². The van der Waals surface area contributed by atoms with Crippen LogP contribution in [0, 0.1) is 0 Å². The summed E-state index contributed by atoms with van der Waals surface area (Å²) in [6.07, 6.45) is 1.94. The van der Waals surface area contributed by atoms with E-state index in [0.29, 0.717) is 16.6 Å². The maximum absolute atomic E-state index is 12.5. The van der Waals surface area contributed by atoms with E-state index in [2.05, 4.69) is 19.0 Å². The summed E-state index contributed by atoms with van der Waals surface area (Å²) in [5.74, 6) is -0.0735. The van der Waals surface area contributed by atoms with Gasteiger partial charge < -0.3 is 15.5 Å². The lowest BCUT2D eigenvalue weighted by Gasteiger charge is -2.35. The molecule has 0 saturated carbocycles. The summed E-state index contributed by atoms with van der Waals surface area (Å²) < 4.78 is 0. The van der Waals surface area contributed by atoms with Crippen LogP contribution >= 0.6 is 23.2 Å². The zero-order chi connectivity index (χ0) is 14.9. The third-order valence-corrected chi connectivity index (χ3v) is 4.58. The summed E-state index contributed by atoms with van der Waals surface area (Å²) in [6.45, 7) is 1.47. The van der Waals surface area contributed by atoms with Crippen molar-refractivity contribution in [1.29, 1.82) is 0 Å². The standard InChI is InChI=1S/C14H19Cl2N3O/c1-18(2)9-5-7-19(8-6-9)14(20)10-3-4-11(15)13(17)12(10)16/h3-4,9H,5-8,17H2,1-2H3. The van der Waals surface area contributed by atoms with Gasteiger partial charge in [0, 0.05) is 19.1 Å². The van der Waals surface area contributed by atoms with Gasteiger partial charge in [0.05, 0.1) is 21.3 Å². The summed E-state index contributed by atoms with van der Waals surface area (Å²) in [7, 11) is 4.14. The molecule has 1 aromatic rings. The highest BCUT2D eigenvalue weighted by molar-refractivity contribution is 6.40. The van der Waals surface area contributed by atoms with Crippen molar-refractivity contribution in [3.8, 4) is 0 Å². The Morgan fingerprint density at radius 1 is 1.30 bits per heavy atom. The van der Waals surface area contributed by atoms with E-state index in [4.69, 9.17) is 28.9 Å².